The summed E-state index contributed by atoms with van der Waals surface area (Å²) in [5, 5.41) is 0. The second kappa shape index (κ2) is 6.58. The first kappa shape index (κ1) is 15.3. The molecule has 0 saturated carbocycles. The van der Waals surface area contributed by atoms with E-state index >= 15 is 0 Å². The smallest absolute Gasteiger partial charge is 0.329 e. The number of fused-ring (bicyclic) bond motifs is 1. The molecule has 1 aromatic rings. The van der Waals surface area contributed by atoms with Crippen LogP contribution in [-0.4, -0.2) is 31.1 Å². The lowest BCUT2D eigenvalue weighted by Gasteiger charge is -2.34. The molecule has 2 N–H and O–H groups in total. The van der Waals surface area contributed by atoms with Gasteiger partial charge in [0.05, 0.1) is 12.3 Å². The van der Waals surface area contributed by atoms with Crippen LogP contribution in [-0.2, 0) is 20.9 Å². The summed E-state index contributed by atoms with van der Waals surface area (Å²) in [5.74, 6) is -0.0783. The van der Waals surface area contributed by atoms with Gasteiger partial charge in [-0.15, -0.1) is 0 Å². The number of carbonyl (C=O) groups is 2. The predicted molar refractivity (Wildman–Crippen MR) is 78.0 cm³/mol. The minimum absolute atomic E-state index is 0.0785. The molecule has 1 aliphatic heterocycles. The van der Waals surface area contributed by atoms with E-state index in [9.17, 15) is 9.59 Å². The largest absolute Gasteiger partial charge is 0.482 e. The van der Waals surface area contributed by atoms with Crippen LogP contribution in [0.3, 0.4) is 0 Å². The Balaban J connectivity index is 2.42. The lowest BCUT2D eigenvalue weighted by Crippen LogP contribution is -2.49. The number of nitrogens with two attached hydrogens (primary N) is 1. The molecule has 1 amide bonds. The summed E-state index contributed by atoms with van der Waals surface area (Å²) in [4.78, 5) is 25.8. The molecule has 114 valence electrons. The molecule has 21 heavy (non-hydrogen) atoms. The zero-order valence-corrected chi connectivity index (χ0v) is 12.3. The highest BCUT2D eigenvalue weighted by atomic mass is 16.5. The number of hydrogen-bond acceptors (Lipinski definition) is 5. The number of benzene rings is 1. The van der Waals surface area contributed by atoms with Crippen LogP contribution < -0.4 is 15.4 Å². The molecule has 1 aromatic carbocycles. The molecule has 6 nitrogen and oxygen atoms in total. The van der Waals surface area contributed by atoms with Gasteiger partial charge in [0.1, 0.15) is 11.8 Å². The molecule has 1 heterocycles. The maximum Gasteiger partial charge on any atom is 0.329 e. The standard InChI is InChI=1S/C15H20N2O4/c1-3-11(15(19)20-4-2)17-12-7-10(8-16)5-6-13(12)21-9-14(17)18/h5-7,11H,3-4,8-9,16H2,1-2H3. The normalized spacial score (nSPS) is 15.2. The number of ether oxygens (including phenoxy) is 2. The van der Waals surface area contributed by atoms with Crippen molar-refractivity contribution in [1.82, 2.24) is 0 Å². The second-order valence-electron chi connectivity index (χ2n) is 4.73. The highest BCUT2D eigenvalue weighted by Crippen LogP contribution is 2.35. The van der Waals surface area contributed by atoms with Crippen LogP contribution in [0.5, 0.6) is 5.75 Å². The van der Waals surface area contributed by atoms with Crippen LogP contribution in [0.2, 0.25) is 0 Å². The number of anilines is 1. The minimum Gasteiger partial charge on any atom is -0.482 e. The molecule has 0 spiro atoms. The molecular formula is C15H20N2O4. The number of amides is 1. The molecule has 0 fully saturated rings. The fourth-order valence-electron chi connectivity index (χ4n) is 2.38. The highest BCUT2D eigenvalue weighted by Gasteiger charge is 2.35. The summed E-state index contributed by atoms with van der Waals surface area (Å²) in [6.45, 7) is 4.14. The topological polar surface area (TPSA) is 81.9 Å². The summed E-state index contributed by atoms with van der Waals surface area (Å²) in [7, 11) is 0. The van der Waals surface area contributed by atoms with Gasteiger partial charge in [0.25, 0.3) is 5.91 Å². The molecule has 2 rings (SSSR count). The van der Waals surface area contributed by atoms with Crippen molar-refractivity contribution in [2.75, 3.05) is 18.1 Å². The molecule has 0 bridgehead atoms. The van der Waals surface area contributed by atoms with Gasteiger partial charge in [-0.25, -0.2) is 4.79 Å². The van der Waals surface area contributed by atoms with E-state index in [2.05, 4.69) is 0 Å². The van der Waals surface area contributed by atoms with Crippen LogP contribution >= 0.6 is 0 Å². The van der Waals surface area contributed by atoms with E-state index in [1.54, 1.807) is 19.1 Å². The lowest BCUT2D eigenvalue weighted by molar-refractivity contribution is -0.146. The van der Waals surface area contributed by atoms with E-state index in [1.165, 1.54) is 4.90 Å². The third-order valence-electron chi connectivity index (χ3n) is 3.40. The average Bonchev–Trinajstić information content (AvgIpc) is 2.50. The van der Waals surface area contributed by atoms with E-state index in [1.807, 2.05) is 13.0 Å². The summed E-state index contributed by atoms with van der Waals surface area (Å²) in [6, 6.07) is 4.76. The van der Waals surface area contributed by atoms with Crippen LogP contribution in [0.25, 0.3) is 0 Å². The Morgan fingerprint density at radius 1 is 1.48 bits per heavy atom. The van der Waals surface area contributed by atoms with Crippen molar-refractivity contribution in [2.45, 2.75) is 32.9 Å². The van der Waals surface area contributed by atoms with E-state index in [0.717, 1.165) is 5.56 Å². The lowest BCUT2D eigenvalue weighted by atomic mass is 10.1. The molecule has 0 radical (unpaired) electrons. The van der Waals surface area contributed by atoms with Crippen molar-refractivity contribution < 1.29 is 19.1 Å². The van der Waals surface area contributed by atoms with Crippen LogP contribution in [0.4, 0.5) is 5.69 Å². The quantitative estimate of drug-likeness (QED) is 0.825. The van der Waals surface area contributed by atoms with Crippen molar-refractivity contribution in [3.63, 3.8) is 0 Å². The second-order valence-corrected chi connectivity index (χ2v) is 4.73. The fourth-order valence-corrected chi connectivity index (χ4v) is 2.38. The summed E-state index contributed by atoms with van der Waals surface area (Å²) in [5.41, 5.74) is 7.09. The number of carbonyl (C=O) groups excluding carboxylic acids is 2. The number of esters is 1. The van der Waals surface area contributed by atoms with Crippen molar-refractivity contribution in [2.24, 2.45) is 5.73 Å². The van der Waals surface area contributed by atoms with E-state index in [0.29, 0.717) is 24.4 Å². The van der Waals surface area contributed by atoms with Gasteiger partial charge < -0.3 is 15.2 Å². The predicted octanol–water partition coefficient (Wildman–Crippen LogP) is 1.21. The van der Waals surface area contributed by atoms with Crippen molar-refractivity contribution >= 4 is 17.6 Å². The molecule has 0 aliphatic carbocycles. The Labute approximate surface area is 123 Å². The van der Waals surface area contributed by atoms with E-state index < -0.39 is 12.0 Å². The first-order valence-electron chi connectivity index (χ1n) is 7.06. The first-order valence-corrected chi connectivity index (χ1v) is 7.06. The summed E-state index contributed by atoms with van der Waals surface area (Å²) < 4.78 is 10.5. The average molecular weight is 292 g/mol. The highest BCUT2D eigenvalue weighted by molar-refractivity contribution is 6.03. The Kier molecular flexibility index (Phi) is 4.80. The summed E-state index contributed by atoms with van der Waals surface area (Å²) in [6.07, 6.45) is 0.469. The molecule has 0 saturated heterocycles. The Bertz CT molecular complexity index is 544. The molecule has 0 aromatic heterocycles. The molecular weight excluding hydrogens is 272 g/mol. The Morgan fingerprint density at radius 3 is 2.86 bits per heavy atom. The maximum atomic E-state index is 12.2. The van der Waals surface area contributed by atoms with Gasteiger partial charge in [-0.2, -0.15) is 0 Å². The monoisotopic (exact) mass is 292 g/mol. The van der Waals surface area contributed by atoms with E-state index in [-0.39, 0.29) is 19.1 Å². The zero-order chi connectivity index (χ0) is 15.4. The van der Waals surface area contributed by atoms with Crippen LogP contribution in [0.15, 0.2) is 18.2 Å². The molecule has 1 unspecified atom stereocenters. The third-order valence-corrected chi connectivity index (χ3v) is 3.40. The minimum atomic E-state index is -0.645. The van der Waals surface area contributed by atoms with Gasteiger partial charge in [-0.3, -0.25) is 9.69 Å². The number of nitrogens with zero attached hydrogens (tertiary/aromatic N) is 1. The van der Waals surface area contributed by atoms with Gasteiger partial charge in [0.15, 0.2) is 6.61 Å². The molecule has 6 heteroatoms. The SMILES string of the molecule is CCOC(=O)C(CC)N1C(=O)COc2ccc(CN)cc21. The Morgan fingerprint density at radius 2 is 2.24 bits per heavy atom. The van der Waals surface area contributed by atoms with Gasteiger partial charge in [0, 0.05) is 6.54 Å². The summed E-state index contributed by atoms with van der Waals surface area (Å²) >= 11 is 0. The van der Waals surface area contributed by atoms with Gasteiger partial charge >= 0.3 is 5.97 Å². The van der Waals surface area contributed by atoms with Crippen molar-refractivity contribution in [1.29, 1.82) is 0 Å². The van der Waals surface area contributed by atoms with Gasteiger partial charge in [-0.05, 0) is 31.0 Å². The van der Waals surface area contributed by atoms with Gasteiger partial charge in [0.2, 0.25) is 0 Å². The maximum absolute atomic E-state index is 12.2. The van der Waals surface area contributed by atoms with Crippen LogP contribution in [0.1, 0.15) is 25.8 Å². The Hall–Kier alpha value is -2.08. The molecule has 1 aliphatic rings. The van der Waals surface area contributed by atoms with Crippen molar-refractivity contribution in [3.05, 3.63) is 23.8 Å². The van der Waals surface area contributed by atoms with Gasteiger partial charge in [-0.1, -0.05) is 13.0 Å². The van der Waals surface area contributed by atoms with Crippen LogP contribution in [0, 0.1) is 0 Å². The number of rotatable bonds is 5. The van der Waals surface area contributed by atoms with Crippen molar-refractivity contribution in [3.8, 4) is 5.75 Å². The fraction of sp³-hybridized carbons (Fsp3) is 0.467. The first-order chi connectivity index (χ1) is 10.1. The molecule has 1 atom stereocenters. The number of hydrogen-bond donors (Lipinski definition) is 1. The zero-order valence-electron chi connectivity index (χ0n) is 12.3. The van der Waals surface area contributed by atoms with E-state index in [4.69, 9.17) is 15.2 Å². The third kappa shape index (κ3) is 3.00.